The van der Waals surface area contributed by atoms with Crippen LogP contribution >= 0.6 is 0 Å². The smallest absolute Gasteiger partial charge is 0.312 e. The van der Waals surface area contributed by atoms with Crippen molar-refractivity contribution in [2.45, 2.75) is 37.6 Å². The van der Waals surface area contributed by atoms with E-state index in [-0.39, 0.29) is 30.0 Å². The molecule has 0 saturated carbocycles. The van der Waals surface area contributed by atoms with Gasteiger partial charge in [-0.25, -0.2) is 0 Å². The third-order valence-corrected chi connectivity index (χ3v) is 4.11. The first-order valence-corrected chi connectivity index (χ1v) is 6.45. The lowest BCUT2D eigenvalue weighted by Gasteiger charge is -2.29. The number of carbonyl (C=O) groups is 1. The zero-order valence-electron chi connectivity index (χ0n) is 10.9. The quantitative estimate of drug-likeness (QED) is 0.799. The standard InChI is InChI=1S/C14H17NO4/c1-7-5-8(3-4-15-7)11-12(14(17)18-2)10-6-9(16)13(11)19-10/h3-5,9-13,16H,6H2,1-2H3/t9-,10+,11+,12+,13-/m0/s1. The third-order valence-electron chi connectivity index (χ3n) is 4.11. The normalized spacial score (nSPS) is 36.5. The number of aromatic nitrogens is 1. The Balaban J connectivity index is 1.98. The molecule has 5 atom stereocenters. The average Bonchev–Trinajstić information content (AvgIpc) is 2.94. The fourth-order valence-corrected chi connectivity index (χ4v) is 3.32. The number of carbonyl (C=O) groups excluding carboxylic acids is 1. The van der Waals surface area contributed by atoms with Gasteiger partial charge in [0, 0.05) is 24.2 Å². The number of aliphatic hydroxyl groups excluding tert-OH is 1. The van der Waals surface area contributed by atoms with Crippen LogP contribution in [0.2, 0.25) is 0 Å². The van der Waals surface area contributed by atoms with Crippen LogP contribution in [0.5, 0.6) is 0 Å². The highest BCUT2D eigenvalue weighted by Crippen LogP contribution is 2.49. The molecule has 2 fully saturated rings. The second-order valence-corrected chi connectivity index (χ2v) is 5.25. The minimum atomic E-state index is -0.510. The third kappa shape index (κ3) is 1.93. The predicted octanol–water partition coefficient (Wildman–Crippen LogP) is 0.795. The molecular weight excluding hydrogens is 246 g/mol. The summed E-state index contributed by atoms with van der Waals surface area (Å²) < 4.78 is 10.6. The summed E-state index contributed by atoms with van der Waals surface area (Å²) in [5.74, 6) is -0.748. The Hall–Kier alpha value is -1.46. The number of aryl methyl sites for hydroxylation is 1. The predicted molar refractivity (Wildman–Crippen MR) is 66.5 cm³/mol. The molecular formula is C14H17NO4. The van der Waals surface area contributed by atoms with Gasteiger partial charge in [0.05, 0.1) is 31.3 Å². The van der Waals surface area contributed by atoms with Crippen LogP contribution in [-0.4, -0.2) is 41.5 Å². The first kappa shape index (κ1) is 12.6. The summed E-state index contributed by atoms with van der Waals surface area (Å²) in [5.41, 5.74) is 1.87. The maximum absolute atomic E-state index is 12.0. The minimum Gasteiger partial charge on any atom is -0.469 e. The highest BCUT2D eigenvalue weighted by Gasteiger charge is 2.57. The van der Waals surface area contributed by atoms with E-state index in [9.17, 15) is 9.90 Å². The zero-order valence-corrected chi connectivity index (χ0v) is 10.9. The summed E-state index contributed by atoms with van der Waals surface area (Å²) in [4.78, 5) is 16.1. The minimum absolute atomic E-state index is 0.150. The maximum atomic E-state index is 12.0. The molecule has 0 unspecified atom stereocenters. The van der Waals surface area contributed by atoms with Crippen LogP contribution in [0, 0.1) is 12.8 Å². The van der Waals surface area contributed by atoms with Gasteiger partial charge in [0.2, 0.25) is 0 Å². The van der Waals surface area contributed by atoms with E-state index in [0.29, 0.717) is 6.42 Å². The number of ether oxygens (including phenoxy) is 2. The second-order valence-electron chi connectivity index (χ2n) is 5.25. The van der Waals surface area contributed by atoms with Crippen LogP contribution in [0.4, 0.5) is 0 Å². The van der Waals surface area contributed by atoms with Gasteiger partial charge in [-0.05, 0) is 24.6 Å². The highest BCUT2D eigenvalue weighted by molar-refractivity contribution is 5.75. The molecule has 2 aliphatic rings. The Kier molecular flexibility index (Phi) is 3.03. The Labute approximate surface area is 111 Å². The number of nitrogens with zero attached hydrogens (tertiary/aromatic N) is 1. The van der Waals surface area contributed by atoms with Crippen LogP contribution in [0.15, 0.2) is 18.3 Å². The van der Waals surface area contributed by atoms with E-state index in [4.69, 9.17) is 9.47 Å². The number of hydrogen-bond donors (Lipinski definition) is 1. The fourth-order valence-electron chi connectivity index (χ4n) is 3.32. The van der Waals surface area contributed by atoms with Gasteiger partial charge in [-0.3, -0.25) is 9.78 Å². The average molecular weight is 263 g/mol. The van der Waals surface area contributed by atoms with E-state index in [0.717, 1.165) is 11.3 Å². The molecule has 5 nitrogen and oxygen atoms in total. The number of rotatable bonds is 2. The molecule has 19 heavy (non-hydrogen) atoms. The molecule has 1 aromatic rings. The number of aliphatic hydroxyl groups is 1. The molecule has 102 valence electrons. The lowest BCUT2D eigenvalue weighted by Crippen LogP contribution is -2.39. The Morgan fingerprint density at radius 1 is 1.58 bits per heavy atom. The van der Waals surface area contributed by atoms with E-state index >= 15 is 0 Å². The first-order chi connectivity index (χ1) is 9.11. The topological polar surface area (TPSA) is 68.7 Å². The lowest BCUT2D eigenvalue weighted by atomic mass is 9.74. The van der Waals surface area contributed by atoms with Crippen LogP contribution in [0.3, 0.4) is 0 Å². The first-order valence-electron chi connectivity index (χ1n) is 6.45. The van der Waals surface area contributed by atoms with Crippen LogP contribution in [0.1, 0.15) is 23.6 Å². The highest BCUT2D eigenvalue weighted by atomic mass is 16.5. The van der Waals surface area contributed by atoms with Crippen molar-refractivity contribution in [1.82, 2.24) is 4.98 Å². The largest absolute Gasteiger partial charge is 0.469 e. The van der Waals surface area contributed by atoms with Crippen LogP contribution < -0.4 is 0 Å². The SMILES string of the molecule is COC(=O)[C@H]1[C@@H](c2ccnc(C)c2)[C@H]2O[C@@H]1C[C@@H]2O. The summed E-state index contributed by atoms with van der Waals surface area (Å²) in [6, 6.07) is 3.82. The Morgan fingerprint density at radius 3 is 3.05 bits per heavy atom. The van der Waals surface area contributed by atoms with E-state index in [1.54, 1.807) is 6.20 Å². The van der Waals surface area contributed by atoms with E-state index in [1.165, 1.54) is 7.11 Å². The molecule has 3 heterocycles. The van der Waals surface area contributed by atoms with Crippen molar-refractivity contribution in [2.24, 2.45) is 5.92 Å². The van der Waals surface area contributed by atoms with Gasteiger partial charge < -0.3 is 14.6 Å². The molecule has 1 aromatic heterocycles. The summed E-state index contributed by atoms with van der Waals surface area (Å²) in [6.45, 7) is 1.90. The van der Waals surface area contributed by atoms with Gasteiger partial charge in [0.15, 0.2) is 0 Å². The molecule has 2 saturated heterocycles. The van der Waals surface area contributed by atoms with Gasteiger partial charge in [-0.15, -0.1) is 0 Å². The zero-order chi connectivity index (χ0) is 13.6. The molecule has 2 aliphatic heterocycles. The lowest BCUT2D eigenvalue weighted by molar-refractivity contribution is -0.147. The van der Waals surface area contributed by atoms with E-state index in [2.05, 4.69) is 4.98 Å². The monoisotopic (exact) mass is 263 g/mol. The molecule has 1 N–H and O–H groups in total. The molecule has 3 rings (SSSR count). The Bertz CT molecular complexity index is 504. The van der Waals surface area contributed by atoms with Crippen molar-refractivity contribution in [3.8, 4) is 0 Å². The summed E-state index contributed by atoms with van der Waals surface area (Å²) >= 11 is 0. The van der Waals surface area contributed by atoms with Gasteiger partial charge in [0.1, 0.15) is 0 Å². The molecule has 5 heteroatoms. The van der Waals surface area contributed by atoms with Crippen molar-refractivity contribution in [3.05, 3.63) is 29.6 Å². The van der Waals surface area contributed by atoms with Crippen LogP contribution in [0.25, 0.3) is 0 Å². The molecule has 2 bridgehead atoms. The van der Waals surface area contributed by atoms with Crippen molar-refractivity contribution in [1.29, 1.82) is 0 Å². The van der Waals surface area contributed by atoms with Gasteiger partial charge in [-0.1, -0.05) is 0 Å². The molecule has 0 spiro atoms. The maximum Gasteiger partial charge on any atom is 0.312 e. The van der Waals surface area contributed by atoms with Crippen molar-refractivity contribution in [2.75, 3.05) is 7.11 Å². The van der Waals surface area contributed by atoms with Gasteiger partial charge >= 0.3 is 5.97 Å². The van der Waals surface area contributed by atoms with Crippen molar-refractivity contribution < 1.29 is 19.4 Å². The summed E-state index contributed by atoms with van der Waals surface area (Å²) in [6.07, 6.45) is 1.15. The molecule has 0 radical (unpaired) electrons. The molecule has 0 amide bonds. The van der Waals surface area contributed by atoms with Crippen molar-refractivity contribution in [3.63, 3.8) is 0 Å². The number of hydrogen-bond acceptors (Lipinski definition) is 5. The number of fused-ring (bicyclic) bond motifs is 2. The van der Waals surface area contributed by atoms with E-state index in [1.807, 2.05) is 19.1 Å². The fraction of sp³-hybridized carbons (Fsp3) is 0.571. The number of esters is 1. The number of pyridine rings is 1. The van der Waals surface area contributed by atoms with Crippen LogP contribution in [-0.2, 0) is 14.3 Å². The number of methoxy groups -OCH3 is 1. The summed E-state index contributed by atoms with van der Waals surface area (Å²) in [7, 11) is 1.39. The van der Waals surface area contributed by atoms with Gasteiger partial charge in [0.25, 0.3) is 0 Å². The van der Waals surface area contributed by atoms with E-state index < -0.39 is 6.10 Å². The second kappa shape index (κ2) is 4.58. The van der Waals surface area contributed by atoms with Crippen molar-refractivity contribution >= 4 is 5.97 Å². The molecule has 0 aliphatic carbocycles. The Morgan fingerprint density at radius 2 is 2.37 bits per heavy atom. The summed E-state index contributed by atoms with van der Waals surface area (Å²) in [5, 5.41) is 10.00. The van der Waals surface area contributed by atoms with Gasteiger partial charge in [-0.2, -0.15) is 0 Å². The molecule has 0 aromatic carbocycles.